The number of nitriles is 1. The molecule has 0 radical (unpaired) electrons. The lowest BCUT2D eigenvalue weighted by Gasteiger charge is -2.32. The molecule has 28 heavy (non-hydrogen) atoms. The van der Waals surface area contributed by atoms with Crippen LogP contribution in [0.4, 0.5) is 9.39 Å². The van der Waals surface area contributed by atoms with Crippen molar-refractivity contribution in [3.05, 3.63) is 37.2 Å². The first-order chi connectivity index (χ1) is 13.5. The molecule has 1 aliphatic heterocycles. The molecule has 0 bridgehead atoms. The van der Waals surface area contributed by atoms with Gasteiger partial charge in [-0.25, -0.2) is 9.18 Å². The molecule has 0 spiro atoms. The number of ether oxygens (including phenoxy) is 2. The van der Waals surface area contributed by atoms with Crippen LogP contribution in [0.5, 0.6) is 0 Å². The predicted molar refractivity (Wildman–Crippen MR) is 116 cm³/mol. The fraction of sp³-hybridized carbons (Fsp3) is 0.368. The summed E-state index contributed by atoms with van der Waals surface area (Å²) >= 11 is 9.41. The second-order valence-electron chi connectivity index (χ2n) is 6.04. The summed E-state index contributed by atoms with van der Waals surface area (Å²) in [7, 11) is 0. The van der Waals surface area contributed by atoms with Crippen molar-refractivity contribution < 1.29 is 18.7 Å². The smallest absolute Gasteiger partial charge is 0.349 e. The maximum Gasteiger partial charge on any atom is 0.349 e. The van der Waals surface area contributed by atoms with Crippen LogP contribution in [0, 0.1) is 14.9 Å². The van der Waals surface area contributed by atoms with Gasteiger partial charge in [0, 0.05) is 27.2 Å². The molecule has 3 rings (SSSR count). The largest absolute Gasteiger partial charge is 0.462 e. The number of halogens is 3. The van der Waals surface area contributed by atoms with Crippen molar-refractivity contribution in [2.45, 2.75) is 13.0 Å². The van der Waals surface area contributed by atoms with Gasteiger partial charge in [0.2, 0.25) is 0 Å². The minimum Gasteiger partial charge on any atom is -0.462 e. The highest BCUT2D eigenvalue weighted by molar-refractivity contribution is 14.1. The summed E-state index contributed by atoms with van der Waals surface area (Å²) < 4.78 is 24.6. The molecule has 1 aromatic carbocycles. The van der Waals surface area contributed by atoms with Gasteiger partial charge in [0.15, 0.2) is 0 Å². The summed E-state index contributed by atoms with van der Waals surface area (Å²) in [6.07, 6.45) is -0.549. The van der Waals surface area contributed by atoms with Crippen LogP contribution in [0.1, 0.15) is 22.2 Å². The van der Waals surface area contributed by atoms with Gasteiger partial charge >= 0.3 is 5.97 Å². The number of nitrogens with zero attached hydrogens (tertiary/aromatic N) is 2. The zero-order chi connectivity index (χ0) is 20.3. The molecule has 5 nitrogen and oxygen atoms in total. The fourth-order valence-electron chi connectivity index (χ4n) is 3.03. The second-order valence-corrected chi connectivity index (χ2v) is 8.63. The molecule has 1 aliphatic rings. The number of anilines is 1. The fourth-order valence-corrected chi connectivity index (χ4v) is 5.37. The molecule has 0 saturated carbocycles. The molecule has 1 atom stereocenters. The van der Waals surface area contributed by atoms with Crippen LogP contribution in [0.2, 0.25) is 5.02 Å². The number of carbonyl (C=O) groups excluding carboxylic acids is 1. The van der Waals surface area contributed by atoms with E-state index in [0.29, 0.717) is 45.7 Å². The average molecular weight is 535 g/mol. The van der Waals surface area contributed by atoms with Gasteiger partial charge in [-0.15, -0.1) is 11.3 Å². The number of carbonyl (C=O) groups is 1. The maximum atomic E-state index is 13.1. The standard InChI is InChI=1S/C19H17ClFIN2O3S/c1-2-26-19(25)17-16(13-4-3-11(20)7-15(13)22)14(9-23)18(28-17)24-5-6-27-12(8-21)10-24/h3-4,7,12H,2,5-6,8,10H2,1H3. The lowest BCUT2D eigenvalue weighted by atomic mass is 10.0. The van der Waals surface area contributed by atoms with Crippen LogP contribution in [-0.4, -0.2) is 45.1 Å². The molecule has 2 heterocycles. The molecule has 1 aromatic heterocycles. The van der Waals surface area contributed by atoms with Gasteiger partial charge in [0.25, 0.3) is 0 Å². The zero-order valence-electron chi connectivity index (χ0n) is 15.0. The monoisotopic (exact) mass is 534 g/mol. The Bertz CT molecular complexity index is 931. The molecule has 0 aliphatic carbocycles. The van der Waals surface area contributed by atoms with Gasteiger partial charge in [0.1, 0.15) is 28.7 Å². The number of rotatable bonds is 5. The van der Waals surface area contributed by atoms with Gasteiger partial charge in [-0.1, -0.05) is 17.7 Å². The van der Waals surface area contributed by atoms with E-state index in [2.05, 4.69) is 28.7 Å². The van der Waals surface area contributed by atoms with Crippen LogP contribution in [0.15, 0.2) is 18.2 Å². The summed E-state index contributed by atoms with van der Waals surface area (Å²) in [4.78, 5) is 14.9. The molecule has 1 unspecified atom stereocenters. The van der Waals surface area contributed by atoms with Crippen molar-refractivity contribution in [1.29, 1.82) is 5.26 Å². The Morgan fingerprint density at radius 1 is 1.57 bits per heavy atom. The van der Waals surface area contributed by atoms with Crippen LogP contribution < -0.4 is 4.90 Å². The molecule has 1 fully saturated rings. The lowest BCUT2D eigenvalue weighted by Crippen LogP contribution is -2.43. The van der Waals surface area contributed by atoms with E-state index in [1.54, 1.807) is 25.1 Å². The number of thiophene rings is 1. The van der Waals surface area contributed by atoms with E-state index >= 15 is 0 Å². The molecule has 9 heteroatoms. The summed E-state index contributed by atoms with van der Waals surface area (Å²) in [6, 6.07) is 7.54. The van der Waals surface area contributed by atoms with E-state index in [4.69, 9.17) is 21.1 Å². The van der Waals surface area contributed by atoms with Gasteiger partial charge < -0.3 is 14.4 Å². The van der Waals surface area contributed by atoms with E-state index in [0.717, 1.165) is 9.13 Å². The first-order valence-corrected chi connectivity index (χ1v) is 10.9. The van der Waals surface area contributed by atoms with E-state index < -0.39 is 18.7 Å². The summed E-state index contributed by atoms with van der Waals surface area (Å²) in [5.41, 5.74) is 1.65. The minimum atomic E-state index is -0.601. The molecule has 0 N–H and O–H groups in total. The third kappa shape index (κ3) is 4.27. The molecular formula is C19H17ClFIN2O3S. The normalized spacial score (nSPS) is 16.7. The van der Waals surface area contributed by atoms with Crippen LogP contribution in [0.25, 0.3) is 11.1 Å². The van der Waals surface area contributed by atoms with E-state index in [9.17, 15) is 14.4 Å². The SMILES string of the molecule is CCOC(=O)c1sc(N2CCOC(CF)C2)c(C#N)c1-c1ccc(Cl)cc1I. The highest BCUT2D eigenvalue weighted by Gasteiger charge is 2.31. The number of hydrogen-bond acceptors (Lipinski definition) is 6. The molecule has 2 aromatic rings. The van der Waals surface area contributed by atoms with Crippen LogP contribution in [-0.2, 0) is 9.47 Å². The van der Waals surface area contributed by atoms with E-state index in [-0.39, 0.29) is 6.61 Å². The van der Waals surface area contributed by atoms with Crippen molar-refractivity contribution in [1.82, 2.24) is 0 Å². The molecule has 0 amide bonds. The Morgan fingerprint density at radius 3 is 3.00 bits per heavy atom. The topological polar surface area (TPSA) is 62.6 Å². The van der Waals surface area contributed by atoms with Crippen molar-refractivity contribution in [3.63, 3.8) is 0 Å². The lowest BCUT2D eigenvalue weighted by molar-refractivity contribution is 0.0249. The summed E-state index contributed by atoms with van der Waals surface area (Å²) in [5.74, 6) is -0.480. The van der Waals surface area contributed by atoms with Crippen molar-refractivity contribution in [2.75, 3.05) is 37.9 Å². The van der Waals surface area contributed by atoms with E-state index in [1.807, 2.05) is 4.90 Å². The average Bonchev–Trinajstić information content (AvgIpc) is 3.07. The molecule has 1 saturated heterocycles. The number of hydrogen-bond donors (Lipinski definition) is 0. The number of morpholine rings is 1. The summed E-state index contributed by atoms with van der Waals surface area (Å²) in [5, 5.41) is 11.1. The highest BCUT2D eigenvalue weighted by Crippen LogP contribution is 2.44. The predicted octanol–water partition coefficient (Wildman–Crippen LogP) is 4.90. The van der Waals surface area contributed by atoms with Crippen molar-refractivity contribution in [3.8, 4) is 17.2 Å². The second kappa shape index (κ2) is 9.39. The minimum absolute atomic E-state index is 0.229. The Kier molecular flexibility index (Phi) is 7.15. The maximum absolute atomic E-state index is 13.1. The Labute approximate surface area is 185 Å². The highest BCUT2D eigenvalue weighted by atomic mass is 127. The molecular weight excluding hydrogens is 518 g/mol. The van der Waals surface area contributed by atoms with Crippen molar-refractivity contribution in [2.24, 2.45) is 0 Å². The third-order valence-electron chi connectivity index (χ3n) is 4.26. The Balaban J connectivity index is 2.17. The third-order valence-corrected chi connectivity index (χ3v) is 6.62. The van der Waals surface area contributed by atoms with Gasteiger partial charge in [-0.05, 0) is 47.2 Å². The van der Waals surface area contributed by atoms with E-state index in [1.165, 1.54) is 11.3 Å². The van der Waals surface area contributed by atoms with Crippen LogP contribution >= 0.6 is 45.5 Å². The first kappa shape index (κ1) is 21.3. The summed E-state index contributed by atoms with van der Waals surface area (Å²) in [6.45, 7) is 2.57. The van der Waals surface area contributed by atoms with Crippen LogP contribution in [0.3, 0.4) is 0 Å². The van der Waals surface area contributed by atoms with Gasteiger partial charge in [-0.2, -0.15) is 5.26 Å². The van der Waals surface area contributed by atoms with Gasteiger partial charge in [-0.3, -0.25) is 0 Å². The number of esters is 1. The quantitative estimate of drug-likeness (QED) is 0.404. The van der Waals surface area contributed by atoms with Crippen molar-refractivity contribution >= 4 is 56.5 Å². The molecule has 148 valence electrons. The zero-order valence-corrected chi connectivity index (χ0v) is 18.7. The van der Waals surface area contributed by atoms with Gasteiger partial charge in [0.05, 0.1) is 18.8 Å². The first-order valence-electron chi connectivity index (χ1n) is 8.62. The Morgan fingerprint density at radius 2 is 2.36 bits per heavy atom. The Hall–Kier alpha value is -1.41. The number of benzene rings is 1. The number of alkyl halides is 1.